The van der Waals surface area contributed by atoms with E-state index in [0.717, 1.165) is 5.69 Å². The molecule has 0 heterocycles. The van der Waals surface area contributed by atoms with E-state index in [1.165, 1.54) is 0 Å². The minimum absolute atomic E-state index is 0.109. The smallest absolute Gasteiger partial charge is 0.125 e. The number of hydrogen-bond donors (Lipinski definition) is 5. The van der Waals surface area contributed by atoms with Crippen LogP contribution in [-0.2, 0) is 0 Å². The van der Waals surface area contributed by atoms with Gasteiger partial charge in [0.2, 0.25) is 0 Å². The maximum absolute atomic E-state index is 7.66. The summed E-state index contributed by atoms with van der Waals surface area (Å²) in [5.41, 5.74) is 13.6. The number of para-hydroxylation sites is 1. The molecule has 2 rings (SSSR count). The Morgan fingerprint density at radius 3 is 2.11 bits per heavy atom. The van der Waals surface area contributed by atoms with Crippen LogP contribution < -0.4 is 16.8 Å². The largest absolute Gasteiger partial charge is 0.384 e. The molecular weight excluding hydrogens is 238 g/mol. The third kappa shape index (κ3) is 2.71. The second-order valence-electron chi connectivity index (χ2n) is 4.05. The van der Waals surface area contributed by atoms with Gasteiger partial charge in [-0.05, 0) is 18.2 Å². The first-order valence-corrected chi connectivity index (χ1v) is 5.73. The van der Waals surface area contributed by atoms with Crippen LogP contribution in [0.5, 0.6) is 0 Å². The van der Waals surface area contributed by atoms with Crippen molar-refractivity contribution in [2.75, 3.05) is 5.32 Å². The van der Waals surface area contributed by atoms with Gasteiger partial charge in [-0.1, -0.05) is 30.3 Å². The van der Waals surface area contributed by atoms with Crippen LogP contribution in [0.3, 0.4) is 0 Å². The zero-order valence-corrected chi connectivity index (χ0v) is 10.3. The average molecular weight is 253 g/mol. The van der Waals surface area contributed by atoms with Crippen molar-refractivity contribution in [2.45, 2.75) is 0 Å². The monoisotopic (exact) mass is 253 g/mol. The molecule has 0 aromatic heterocycles. The van der Waals surface area contributed by atoms with Crippen LogP contribution in [-0.4, -0.2) is 11.7 Å². The van der Waals surface area contributed by atoms with Gasteiger partial charge < -0.3 is 16.8 Å². The van der Waals surface area contributed by atoms with Crippen LogP contribution in [0, 0.1) is 10.8 Å². The predicted molar refractivity (Wildman–Crippen MR) is 78.2 cm³/mol. The zero-order chi connectivity index (χ0) is 13.8. The Balaban J connectivity index is 2.48. The minimum atomic E-state index is -0.121. The molecule has 0 saturated carbocycles. The number of amidine groups is 2. The fraction of sp³-hybridized carbons (Fsp3) is 0. The van der Waals surface area contributed by atoms with Crippen molar-refractivity contribution in [1.82, 2.24) is 0 Å². The molecule has 0 radical (unpaired) electrons. The molecule has 0 saturated heterocycles. The lowest BCUT2D eigenvalue weighted by atomic mass is 10.0. The normalized spacial score (nSPS) is 9.89. The maximum atomic E-state index is 7.66. The molecule has 0 unspecified atom stereocenters. The van der Waals surface area contributed by atoms with Crippen LogP contribution in [0.15, 0.2) is 48.5 Å². The Morgan fingerprint density at radius 1 is 0.842 bits per heavy atom. The second-order valence-corrected chi connectivity index (χ2v) is 4.05. The summed E-state index contributed by atoms with van der Waals surface area (Å²) in [5, 5.41) is 18.4. The molecule has 0 fully saturated rings. The summed E-state index contributed by atoms with van der Waals surface area (Å²) in [6.07, 6.45) is 0. The van der Waals surface area contributed by atoms with Crippen molar-refractivity contribution in [2.24, 2.45) is 11.5 Å². The van der Waals surface area contributed by atoms with Gasteiger partial charge in [0.15, 0.2) is 0 Å². The number of hydrogen-bond acceptors (Lipinski definition) is 3. The Bertz CT molecular complexity index is 619. The highest BCUT2D eigenvalue weighted by Crippen LogP contribution is 2.23. The Labute approximate surface area is 111 Å². The van der Waals surface area contributed by atoms with Gasteiger partial charge in [0, 0.05) is 11.3 Å². The number of nitrogens with one attached hydrogen (secondary N) is 3. The number of benzene rings is 2. The molecule has 5 nitrogen and oxygen atoms in total. The van der Waals surface area contributed by atoms with Crippen molar-refractivity contribution in [3.63, 3.8) is 0 Å². The minimum Gasteiger partial charge on any atom is -0.384 e. The van der Waals surface area contributed by atoms with Crippen LogP contribution in [0.1, 0.15) is 11.1 Å². The molecule has 0 amide bonds. The highest BCUT2D eigenvalue weighted by Gasteiger charge is 2.13. The lowest BCUT2D eigenvalue weighted by Crippen LogP contribution is -2.22. The molecule has 0 bridgehead atoms. The van der Waals surface area contributed by atoms with Gasteiger partial charge in [0.1, 0.15) is 11.7 Å². The van der Waals surface area contributed by atoms with Gasteiger partial charge in [0.25, 0.3) is 0 Å². The summed E-state index contributed by atoms with van der Waals surface area (Å²) >= 11 is 0. The lowest BCUT2D eigenvalue weighted by molar-refractivity contribution is 1.37. The quantitative estimate of drug-likeness (QED) is 0.424. The summed E-state index contributed by atoms with van der Waals surface area (Å²) < 4.78 is 0. The van der Waals surface area contributed by atoms with E-state index in [0.29, 0.717) is 16.8 Å². The first-order valence-electron chi connectivity index (χ1n) is 5.73. The fourth-order valence-corrected chi connectivity index (χ4v) is 1.85. The Hall–Kier alpha value is -2.82. The Kier molecular flexibility index (Phi) is 3.47. The maximum Gasteiger partial charge on any atom is 0.125 e. The Morgan fingerprint density at radius 2 is 1.53 bits per heavy atom. The van der Waals surface area contributed by atoms with E-state index >= 15 is 0 Å². The highest BCUT2D eigenvalue weighted by molar-refractivity contribution is 6.11. The van der Waals surface area contributed by atoms with E-state index in [1.807, 2.05) is 30.3 Å². The average Bonchev–Trinajstić information content (AvgIpc) is 2.39. The predicted octanol–water partition coefficient (Wildman–Crippen LogP) is 2.00. The molecule has 2 aromatic carbocycles. The van der Waals surface area contributed by atoms with Crippen LogP contribution >= 0.6 is 0 Å². The van der Waals surface area contributed by atoms with E-state index in [4.69, 9.17) is 22.3 Å². The van der Waals surface area contributed by atoms with E-state index in [2.05, 4.69) is 5.32 Å². The van der Waals surface area contributed by atoms with E-state index in [1.54, 1.807) is 18.2 Å². The van der Waals surface area contributed by atoms with E-state index in [-0.39, 0.29) is 11.7 Å². The van der Waals surface area contributed by atoms with Gasteiger partial charge in [-0.15, -0.1) is 0 Å². The van der Waals surface area contributed by atoms with Gasteiger partial charge in [-0.3, -0.25) is 10.8 Å². The number of nitrogen functional groups attached to an aromatic ring is 2. The molecular formula is C14H15N5. The van der Waals surface area contributed by atoms with Crippen LogP contribution in [0.4, 0.5) is 11.4 Å². The number of rotatable bonds is 4. The van der Waals surface area contributed by atoms with Gasteiger partial charge in [-0.25, -0.2) is 0 Å². The summed E-state index contributed by atoms with van der Waals surface area (Å²) in [6, 6.07) is 14.8. The van der Waals surface area contributed by atoms with E-state index in [9.17, 15) is 0 Å². The van der Waals surface area contributed by atoms with Gasteiger partial charge in [-0.2, -0.15) is 0 Å². The zero-order valence-electron chi connectivity index (χ0n) is 10.3. The van der Waals surface area contributed by atoms with Crippen molar-refractivity contribution in [3.8, 4) is 0 Å². The molecule has 19 heavy (non-hydrogen) atoms. The number of nitrogens with two attached hydrogens (primary N) is 2. The molecule has 7 N–H and O–H groups in total. The fourth-order valence-electron chi connectivity index (χ4n) is 1.85. The van der Waals surface area contributed by atoms with E-state index < -0.39 is 0 Å². The molecule has 2 aromatic rings. The second kappa shape index (κ2) is 5.22. The first kappa shape index (κ1) is 12.6. The molecule has 0 aliphatic heterocycles. The number of anilines is 2. The third-order valence-electron chi connectivity index (χ3n) is 2.68. The topological polar surface area (TPSA) is 112 Å². The summed E-state index contributed by atoms with van der Waals surface area (Å²) in [7, 11) is 0. The third-order valence-corrected chi connectivity index (χ3v) is 2.68. The molecule has 0 spiro atoms. The van der Waals surface area contributed by atoms with Gasteiger partial charge >= 0.3 is 0 Å². The van der Waals surface area contributed by atoms with Crippen molar-refractivity contribution in [1.29, 1.82) is 10.8 Å². The van der Waals surface area contributed by atoms with Gasteiger partial charge in [0.05, 0.1) is 11.3 Å². The standard InChI is InChI=1S/C14H15N5/c15-13(16)10-7-4-8-11(12(10)14(17)18)19-9-5-2-1-3-6-9/h1-8,19H,(H3,15,16)(H3,17,18). The highest BCUT2D eigenvalue weighted by atomic mass is 14.9. The lowest BCUT2D eigenvalue weighted by Gasteiger charge is -2.14. The van der Waals surface area contributed by atoms with Crippen molar-refractivity contribution in [3.05, 3.63) is 59.7 Å². The van der Waals surface area contributed by atoms with Crippen molar-refractivity contribution < 1.29 is 0 Å². The first-order chi connectivity index (χ1) is 9.09. The molecule has 0 aliphatic carbocycles. The molecule has 0 aliphatic rings. The summed E-state index contributed by atoms with van der Waals surface area (Å²) in [6.45, 7) is 0. The molecule has 5 heteroatoms. The molecule has 96 valence electrons. The van der Waals surface area contributed by atoms with Crippen LogP contribution in [0.25, 0.3) is 0 Å². The molecule has 0 atom stereocenters. The SMILES string of the molecule is N=C(N)c1cccc(Nc2ccccc2)c1C(=N)N. The summed E-state index contributed by atoms with van der Waals surface area (Å²) in [4.78, 5) is 0. The van der Waals surface area contributed by atoms with Crippen LogP contribution in [0.2, 0.25) is 0 Å². The van der Waals surface area contributed by atoms with Crippen molar-refractivity contribution >= 4 is 23.0 Å². The summed E-state index contributed by atoms with van der Waals surface area (Å²) in [5.74, 6) is -0.230.